The first-order valence-corrected chi connectivity index (χ1v) is 11.6. The van der Waals surface area contributed by atoms with Gasteiger partial charge < -0.3 is 14.2 Å². The molecule has 0 bridgehead atoms. The van der Waals surface area contributed by atoms with Crippen molar-refractivity contribution in [3.8, 4) is 5.75 Å². The summed E-state index contributed by atoms with van der Waals surface area (Å²) in [5.74, 6) is 0.931. The number of anilines is 1. The zero-order valence-electron chi connectivity index (χ0n) is 17.9. The molecule has 6 nitrogen and oxygen atoms in total. The van der Waals surface area contributed by atoms with Crippen molar-refractivity contribution in [3.63, 3.8) is 0 Å². The summed E-state index contributed by atoms with van der Waals surface area (Å²) in [6, 6.07) is 14.8. The van der Waals surface area contributed by atoms with Crippen LogP contribution in [0.2, 0.25) is 0 Å². The lowest BCUT2D eigenvalue weighted by Gasteiger charge is -2.11. The van der Waals surface area contributed by atoms with Gasteiger partial charge in [-0.05, 0) is 42.8 Å². The molecule has 11 heteroatoms. The van der Waals surface area contributed by atoms with Crippen LogP contribution in [0, 0.1) is 0 Å². The van der Waals surface area contributed by atoms with Crippen LogP contribution in [0.25, 0.3) is 22.4 Å². The molecule has 174 valence electrons. The van der Waals surface area contributed by atoms with Gasteiger partial charge in [0.15, 0.2) is 15.9 Å². The smallest absolute Gasteiger partial charge is 0.485 e. The SMILES string of the molecule is CC[n+]1c(/C=C/c2ccc(N(C)C)cc2)sc2cccc(OC)c21.O=S(=O)([O-])C(F)(F)F. The van der Waals surface area contributed by atoms with E-state index in [0.717, 1.165) is 12.3 Å². The number of para-hydroxylation sites is 1. The van der Waals surface area contributed by atoms with Gasteiger partial charge >= 0.3 is 5.51 Å². The number of thiazole rings is 1. The Morgan fingerprint density at radius 1 is 1.12 bits per heavy atom. The van der Waals surface area contributed by atoms with Crippen molar-refractivity contribution >= 4 is 49.5 Å². The second kappa shape index (κ2) is 10.3. The van der Waals surface area contributed by atoms with Crippen LogP contribution < -0.4 is 14.2 Å². The third kappa shape index (κ3) is 6.21. The number of halogens is 3. The normalized spacial score (nSPS) is 12.0. The largest absolute Gasteiger partial charge is 0.741 e. The zero-order chi connectivity index (χ0) is 24.1. The van der Waals surface area contributed by atoms with E-state index in [1.165, 1.54) is 26.5 Å². The monoisotopic (exact) mass is 488 g/mol. The number of aryl methyl sites for hydroxylation is 1. The van der Waals surface area contributed by atoms with Gasteiger partial charge in [0.2, 0.25) is 0 Å². The molecular formula is C21H23F3N2O4S2. The molecule has 0 radical (unpaired) electrons. The molecular weight excluding hydrogens is 465 g/mol. The predicted molar refractivity (Wildman–Crippen MR) is 120 cm³/mol. The minimum atomic E-state index is -6.09. The Labute approximate surface area is 188 Å². The second-order valence-electron chi connectivity index (χ2n) is 6.71. The van der Waals surface area contributed by atoms with Gasteiger partial charge in [0.1, 0.15) is 11.2 Å². The van der Waals surface area contributed by atoms with Crippen molar-refractivity contribution in [1.29, 1.82) is 0 Å². The first kappa shape index (κ1) is 25.6. The Morgan fingerprint density at radius 3 is 2.19 bits per heavy atom. The van der Waals surface area contributed by atoms with Gasteiger partial charge in [0.05, 0.1) is 7.11 Å². The number of methoxy groups -OCH3 is 1. The predicted octanol–water partition coefficient (Wildman–Crippen LogP) is 4.51. The Morgan fingerprint density at radius 2 is 1.72 bits per heavy atom. The molecule has 0 saturated carbocycles. The summed E-state index contributed by atoms with van der Waals surface area (Å²) in [7, 11) is -0.250. The number of alkyl halides is 3. The molecule has 0 N–H and O–H groups in total. The van der Waals surface area contributed by atoms with Crippen molar-refractivity contribution in [3.05, 3.63) is 53.0 Å². The van der Waals surface area contributed by atoms with Gasteiger partial charge in [-0.15, -0.1) is 0 Å². The van der Waals surface area contributed by atoms with Crippen LogP contribution in [0.4, 0.5) is 18.9 Å². The number of aromatic nitrogens is 1. The molecule has 2 aromatic carbocycles. The third-order valence-electron chi connectivity index (χ3n) is 4.36. The summed E-state index contributed by atoms with van der Waals surface area (Å²) in [5.41, 5.74) is -2.06. The number of fused-ring (bicyclic) bond motifs is 1. The lowest BCUT2D eigenvalue weighted by atomic mass is 10.2. The molecule has 0 unspecified atom stereocenters. The standard InChI is InChI=1S/C20H23N2OS.CHF3O3S/c1-5-22-19(24-18-8-6-7-17(23-4)20(18)22)14-11-15-9-12-16(13-10-15)21(2)3;2-1(3,4)8(5,6)7/h6-14H,5H2,1-4H3;(H,5,6,7)/q+1;/p-1. The lowest BCUT2D eigenvalue weighted by Crippen LogP contribution is -2.33. The molecule has 0 aliphatic rings. The molecule has 0 aliphatic heterocycles. The van der Waals surface area contributed by atoms with Gasteiger partial charge in [0, 0.05) is 25.9 Å². The molecule has 0 amide bonds. The van der Waals surface area contributed by atoms with Crippen molar-refractivity contribution in [2.45, 2.75) is 19.0 Å². The summed E-state index contributed by atoms with van der Waals surface area (Å²) in [4.78, 5) is 2.11. The fraction of sp³-hybridized carbons (Fsp3) is 0.286. The van der Waals surface area contributed by atoms with E-state index >= 15 is 0 Å². The second-order valence-corrected chi connectivity index (χ2v) is 9.14. The van der Waals surface area contributed by atoms with Crippen molar-refractivity contribution in [2.75, 3.05) is 26.1 Å². The molecule has 0 spiro atoms. The molecule has 0 saturated heterocycles. The van der Waals surface area contributed by atoms with Crippen LogP contribution in [0.15, 0.2) is 42.5 Å². The highest BCUT2D eigenvalue weighted by molar-refractivity contribution is 7.86. The summed E-state index contributed by atoms with van der Waals surface area (Å²) in [6.45, 7) is 3.08. The summed E-state index contributed by atoms with van der Waals surface area (Å²) in [5, 5.41) is 1.23. The number of ether oxygens (including phenoxy) is 1. The van der Waals surface area contributed by atoms with Crippen molar-refractivity contribution < 1.29 is 35.4 Å². The summed E-state index contributed by atoms with van der Waals surface area (Å²) in [6.07, 6.45) is 4.36. The third-order valence-corrected chi connectivity index (χ3v) is 6.04. The Balaban J connectivity index is 0.000000390. The fourth-order valence-electron chi connectivity index (χ4n) is 2.78. The summed E-state index contributed by atoms with van der Waals surface area (Å²) >= 11 is 1.79. The Bertz CT molecular complexity index is 1190. The lowest BCUT2D eigenvalue weighted by molar-refractivity contribution is -0.665. The quantitative estimate of drug-likeness (QED) is 0.300. The molecule has 1 heterocycles. The summed E-state index contributed by atoms with van der Waals surface area (Å²) < 4.78 is 68.0. The molecule has 1 aromatic heterocycles. The highest BCUT2D eigenvalue weighted by Gasteiger charge is 2.36. The van der Waals surface area contributed by atoms with Gasteiger partial charge in [-0.25, -0.2) is 8.42 Å². The average Bonchev–Trinajstić information content (AvgIpc) is 3.09. The van der Waals surface area contributed by atoms with E-state index < -0.39 is 15.6 Å². The topological polar surface area (TPSA) is 73.5 Å². The van der Waals surface area contributed by atoms with Crippen LogP contribution in [0.1, 0.15) is 17.5 Å². The fourth-order valence-corrected chi connectivity index (χ4v) is 3.93. The average molecular weight is 489 g/mol. The van der Waals surface area contributed by atoms with Crippen LogP contribution in [0.5, 0.6) is 5.75 Å². The van der Waals surface area contributed by atoms with Gasteiger partial charge in [-0.1, -0.05) is 29.5 Å². The maximum absolute atomic E-state index is 10.7. The molecule has 0 aliphatic carbocycles. The van der Waals surface area contributed by atoms with E-state index in [2.05, 4.69) is 73.0 Å². The molecule has 3 aromatic rings. The highest BCUT2D eigenvalue weighted by atomic mass is 32.2. The van der Waals surface area contributed by atoms with Crippen LogP contribution in [-0.4, -0.2) is 39.7 Å². The van der Waals surface area contributed by atoms with E-state index in [1.807, 2.05) is 12.1 Å². The highest BCUT2D eigenvalue weighted by Crippen LogP contribution is 2.29. The number of hydrogen-bond donors (Lipinski definition) is 0. The maximum atomic E-state index is 10.7. The van der Waals surface area contributed by atoms with E-state index in [-0.39, 0.29) is 0 Å². The van der Waals surface area contributed by atoms with Crippen LogP contribution in [-0.2, 0) is 16.7 Å². The molecule has 0 fully saturated rings. The number of benzene rings is 2. The minimum absolute atomic E-state index is 0.916. The Kier molecular flexibility index (Phi) is 8.27. The van der Waals surface area contributed by atoms with E-state index in [9.17, 15) is 13.2 Å². The number of rotatable bonds is 5. The van der Waals surface area contributed by atoms with Crippen LogP contribution in [0.3, 0.4) is 0 Å². The number of hydrogen-bond acceptors (Lipinski definition) is 6. The Hall–Kier alpha value is -2.63. The van der Waals surface area contributed by atoms with E-state index in [4.69, 9.17) is 17.7 Å². The van der Waals surface area contributed by atoms with E-state index in [0.29, 0.717) is 0 Å². The van der Waals surface area contributed by atoms with Crippen LogP contribution >= 0.6 is 11.3 Å². The van der Waals surface area contributed by atoms with Gasteiger partial charge in [-0.3, -0.25) is 0 Å². The van der Waals surface area contributed by atoms with E-state index in [1.54, 1.807) is 18.4 Å². The first-order valence-electron chi connectivity index (χ1n) is 9.36. The van der Waals surface area contributed by atoms with Crippen molar-refractivity contribution in [2.24, 2.45) is 0 Å². The van der Waals surface area contributed by atoms with Gasteiger partial charge in [0.25, 0.3) is 10.5 Å². The molecule has 3 rings (SSSR count). The zero-order valence-corrected chi connectivity index (χ0v) is 19.5. The first-order chi connectivity index (χ1) is 14.9. The number of nitrogens with zero attached hydrogens (tertiary/aromatic N) is 2. The van der Waals surface area contributed by atoms with Crippen molar-refractivity contribution in [1.82, 2.24) is 0 Å². The molecule has 32 heavy (non-hydrogen) atoms. The molecule has 0 atom stereocenters. The maximum Gasteiger partial charge on any atom is 0.485 e. The van der Waals surface area contributed by atoms with Gasteiger partial charge in [-0.2, -0.15) is 17.7 Å². The minimum Gasteiger partial charge on any atom is -0.741 e.